The molecule has 0 saturated carbocycles. The number of carbonyl (C=O) groups excluding carboxylic acids is 2. The highest BCUT2D eigenvalue weighted by molar-refractivity contribution is 5.84. The summed E-state index contributed by atoms with van der Waals surface area (Å²) in [4.78, 5) is 31.7. The standard InChI is InChI=1S/C18H25FN4O2/c1-14(24)21-8-10-22(11-9-21)18(25)13-23-7-3-6-20(2)16-5-4-15(19)12-17(16)23/h4-5,12H,3,6-11,13H2,1-2H3. The number of hydrogen-bond acceptors (Lipinski definition) is 4. The lowest BCUT2D eigenvalue weighted by atomic mass is 10.2. The number of halogens is 1. The van der Waals surface area contributed by atoms with Crippen LogP contribution in [0, 0.1) is 5.82 Å². The summed E-state index contributed by atoms with van der Waals surface area (Å²) in [6.07, 6.45) is 0.915. The maximum absolute atomic E-state index is 13.8. The van der Waals surface area contributed by atoms with Gasteiger partial charge in [-0.1, -0.05) is 0 Å². The van der Waals surface area contributed by atoms with Crippen LogP contribution in [-0.4, -0.2) is 74.5 Å². The van der Waals surface area contributed by atoms with Crippen molar-refractivity contribution in [2.45, 2.75) is 13.3 Å². The van der Waals surface area contributed by atoms with E-state index in [0.29, 0.717) is 26.2 Å². The average molecular weight is 348 g/mol. The van der Waals surface area contributed by atoms with Crippen molar-refractivity contribution in [3.8, 4) is 0 Å². The minimum atomic E-state index is -0.290. The van der Waals surface area contributed by atoms with Crippen LogP contribution in [-0.2, 0) is 9.59 Å². The van der Waals surface area contributed by atoms with Gasteiger partial charge in [-0.15, -0.1) is 0 Å². The SMILES string of the molecule is CC(=O)N1CCN(C(=O)CN2CCCN(C)c3ccc(F)cc32)CC1. The lowest BCUT2D eigenvalue weighted by molar-refractivity contribution is -0.137. The van der Waals surface area contributed by atoms with Crippen LogP contribution in [0.2, 0.25) is 0 Å². The number of piperazine rings is 1. The summed E-state index contributed by atoms with van der Waals surface area (Å²) < 4.78 is 13.8. The van der Waals surface area contributed by atoms with Crippen molar-refractivity contribution < 1.29 is 14.0 Å². The topological polar surface area (TPSA) is 47.1 Å². The summed E-state index contributed by atoms with van der Waals surface area (Å²) >= 11 is 0. The first-order chi connectivity index (χ1) is 12.0. The van der Waals surface area contributed by atoms with E-state index in [0.717, 1.165) is 30.9 Å². The maximum Gasteiger partial charge on any atom is 0.242 e. The van der Waals surface area contributed by atoms with E-state index in [2.05, 4.69) is 4.90 Å². The largest absolute Gasteiger partial charge is 0.373 e. The normalized spacial score (nSPS) is 18.0. The van der Waals surface area contributed by atoms with E-state index in [1.54, 1.807) is 22.8 Å². The molecule has 2 amide bonds. The molecule has 0 N–H and O–H groups in total. The Morgan fingerprint density at radius 1 is 1.00 bits per heavy atom. The molecule has 7 heteroatoms. The first-order valence-electron chi connectivity index (χ1n) is 8.74. The zero-order chi connectivity index (χ0) is 18.0. The average Bonchev–Trinajstić information content (AvgIpc) is 2.74. The molecule has 0 atom stereocenters. The van der Waals surface area contributed by atoms with Gasteiger partial charge >= 0.3 is 0 Å². The van der Waals surface area contributed by atoms with Gasteiger partial charge in [-0.2, -0.15) is 0 Å². The number of nitrogens with zero attached hydrogens (tertiary/aromatic N) is 4. The Kier molecular flexibility index (Phi) is 5.11. The molecule has 1 aromatic rings. The van der Waals surface area contributed by atoms with E-state index in [4.69, 9.17) is 0 Å². The van der Waals surface area contributed by atoms with E-state index in [1.807, 2.05) is 11.9 Å². The van der Waals surface area contributed by atoms with Gasteiger partial charge in [0.05, 0.1) is 17.9 Å². The van der Waals surface area contributed by atoms with Crippen LogP contribution in [0.3, 0.4) is 0 Å². The fraction of sp³-hybridized carbons (Fsp3) is 0.556. The lowest BCUT2D eigenvalue weighted by Crippen LogP contribution is -2.52. The first kappa shape index (κ1) is 17.5. The highest BCUT2D eigenvalue weighted by atomic mass is 19.1. The van der Waals surface area contributed by atoms with Gasteiger partial charge in [-0.25, -0.2) is 4.39 Å². The molecule has 0 spiro atoms. The predicted octanol–water partition coefficient (Wildman–Crippen LogP) is 1.16. The minimum absolute atomic E-state index is 0.0305. The van der Waals surface area contributed by atoms with Crippen LogP contribution in [0.4, 0.5) is 15.8 Å². The van der Waals surface area contributed by atoms with Crippen molar-refractivity contribution in [3.63, 3.8) is 0 Å². The van der Waals surface area contributed by atoms with Gasteiger partial charge in [0, 0.05) is 53.2 Å². The molecule has 25 heavy (non-hydrogen) atoms. The van der Waals surface area contributed by atoms with Crippen molar-refractivity contribution in [3.05, 3.63) is 24.0 Å². The maximum atomic E-state index is 13.8. The molecule has 3 rings (SSSR count). The van der Waals surface area contributed by atoms with E-state index in [-0.39, 0.29) is 24.2 Å². The highest BCUT2D eigenvalue weighted by Crippen LogP contribution is 2.32. The third-order valence-electron chi connectivity index (χ3n) is 5.01. The van der Waals surface area contributed by atoms with Gasteiger partial charge in [0.15, 0.2) is 0 Å². The molecule has 2 heterocycles. The smallest absolute Gasteiger partial charge is 0.242 e. The fourth-order valence-electron chi connectivity index (χ4n) is 3.51. The van der Waals surface area contributed by atoms with E-state index >= 15 is 0 Å². The molecule has 0 radical (unpaired) electrons. The van der Waals surface area contributed by atoms with Gasteiger partial charge < -0.3 is 19.6 Å². The molecule has 0 aromatic heterocycles. The molecule has 0 aliphatic carbocycles. The van der Waals surface area contributed by atoms with Crippen LogP contribution in [0.5, 0.6) is 0 Å². The first-order valence-corrected chi connectivity index (χ1v) is 8.74. The molecule has 136 valence electrons. The number of benzene rings is 1. The van der Waals surface area contributed by atoms with E-state index in [1.165, 1.54) is 12.1 Å². The Morgan fingerprint density at radius 3 is 2.36 bits per heavy atom. The van der Waals surface area contributed by atoms with E-state index in [9.17, 15) is 14.0 Å². The van der Waals surface area contributed by atoms with Crippen LogP contribution < -0.4 is 9.80 Å². The number of hydrogen-bond donors (Lipinski definition) is 0. The summed E-state index contributed by atoms with van der Waals surface area (Å²) in [5, 5.41) is 0. The Labute approximate surface area is 147 Å². The Bertz CT molecular complexity index is 658. The third kappa shape index (κ3) is 3.86. The molecular weight excluding hydrogens is 323 g/mol. The second-order valence-electron chi connectivity index (χ2n) is 6.72. The summed E-state index contributed by atoms with van der Waals surface area (Å²) in [5.41, 5.74) is 1.73. The zero-order valence-corrected chi connectivity index (χ0v) is 14.9. The summed E-state index contributed by atoms with van der Waals surface area (Å²) in [5.74, 6) is -0.211. The van der Waals surface area contributed by atoms with Gasteiger partial charge in [0.2, 0.25) is 11.8 Å². The fourth-order valence-corrected chi connectivity index (χ4v) is 3.51. The number of carbonyl (C=O) groups is 2. The molecule has 0 unspecified atom stereocenters. The molecule has 6 nitrogen and oxygen atoms in total. The van der Waals surface area contributed by atoms with E-state index < -0.39 is 0 Å². The Hall–Kier alpha value is -2.31. The third-order valence-corrected chi connectivity index (χ3v) is 5.01. The Balaban J connectivity index is 1.70. The second kappa shape index (κ2) is 7.29. The predicted molar refractivity (Wildman–Crippen MR) is 95.3 cm³/mol. The summed E-state index contributed by atoms with van der Waals surface area (Å²) in [7, 11) is 1.99. The minimum Gasteiger partial charge on any atom is -0.373 e. The van der Waals surface area contributed by atoms with Crippen molar-refractivity contribution in [1.29, 1.82) is 0 Å². The van der Waals surface area contributed by atoms with Gasteiger partial charge in [0.1, 0.15) is 5.82 Å². The zero-order valence-electron chi connectivity index (χ0n) is 14.9. The molecule has 1 fully saturated rings. The molecule has 1 saturated heterocycles. The van der Waals surface area contributed by atoms with Crippen molar-refractivity contribution in [2.24, 2.45) is 0 Å². The quantitative estimate of drug-likeness (QED) is 0.805. The van der Waals surface area contributed by atoms with Crippen molar-refractivity contribution in [2.75, 3.05) is 62.7 Å². The van der Waals surface area contributed by atoms with Gasteiger partial charge in [-0.05, 0) is 24.6 Å². The van der Waals surface area contributed by atoms with Crippen molar-refractivity contribution in [1.82, 2.24) is 9.80 Å². The molecular formula is C18H25FN4O2. The molecule has 0 bridgehead atoms. The number of rotatable bonds is 2. The number of anilines is 2. The van der Waals surface area contributed by atoms with Gasteiger partial charge in [0.25, 0.3) is 0 Å². The highest BCUT2D eigenvalue weighted by Gasteiger charge is 2.26. The molecule has 2 aliphatic heterocycles. The number of amides is 2. The number of fused-ring (bicyclic) bond motifs is 1. The van der Waals surface area contributed by atoms with Gasteiger partial charge in [-0.3, -0.25) is 9.59 Å². The lowest BCUT2D eigenvalue weighted by Gasteiger charge is -2.35. The summed E-state index contributed by atoms with van der Waals surface area (Å²) in [6.45, 7) is 5.66. The summed E-state index contributed by atoms with van der Waals surface area (Å²) in [6, 6.07) is 4.75. The van der Waals surface area contributed by atoms with Crippen molar-refractivity contribution >= 4 is 23.2 Å². The monoisotopic (exact) mass is 348 g/mol. The Morgan fingerprint density at radius 2 is 1.68 bits per heavy atom. The second-order valence-corrected chi connectivity index (χ2v) is 6.72. The molecule has 2 aliphatic rings. The van der Waals surface area contributed by atoms with Crippen LogP contribution in [0.15, 0.2) is 18.2 Å². The van der Waals surface area contributed by atoms with Crippen LogP contribution in [0.1, 0.15) is 13.3 Å². The van der Waals surface area contributed by atoms with Crippen LogP contribution >= 0.6 is 0 Å². The molecule has 1 aromatic carbocycles. The van der Waals surface area contributed by atoms with Crippen LogP contribution in [0.25, 0.3) is 0 Å².